The standard InChI is InChI=1S/C9H18N2/c1-2-7-11(6-1)8-9-4-3-5-10-9/h9-10H,1-8H2/p+1. The molecule has 2 aliphatic heterocycles. The maximum atomic E-state index is 2.63. The lowest BCUT2D eigenvalue weighted by atomic mass is 10.2. The lowest BCUT2D eigenvalue weighted by molar-refractivity contribution is -0.669. The van der Waals surface area contributed by atoms with Crippen molar-refractivity contribution in [3.05, 3.63) is 0 Å². The molecule has 2 fully saturated rings. The molecule has 11 heavy (non-hydrogen) atoms. The number of rotatable bonds is 2. The zero-order valence-electron chi connectivity index (χ0n) is 7.26. The van der Waals surface area contributed by atoms with Crippen molar-refractivity contribution >= 4 is 0 Å². The Hall–Kier alpha value is -0.0800. The summed E-state index contributed by atoms with van der Waals surface area (Å²) in [4.78, 5) is 2.63. The van der Waals surface area contributed by atoms with Gasteiger partial charge < -0.3 is 5.32 Å². The first kappa shape index (κ1) is 7.56. The molecule has 2 saturated heterocycles. The number of nitrogens with zero attached hydrogens (tertiary/aromatic N) is 1. The molecule has 2 nitrogen and oxygen atoms in total. The second-order valence-corrected chi connectivity index (χ2v) is 3.93. The van der Waals surface area contributed by atoms with E-state index in [0.717, 1.165) is 6.04 Å². The fraction of sp³-hybridized carbons (Fsp3) is 1.00. The van der Waals surface area contributed by atoms with Crippen molar-refractivity contribution in [2.75, 3.05) is 26.2 Å². The van der Waals surface area contributed by atoms with Crippen LogP contribution in [0.25, 0.3) is 0 Å². The monoisotopic (exact) mass is 155 g/mol. The van der Waals surface area contributed by atoms with E-state index in [1.165, 1.54) is 51.9 Å². The second kappa shape index (κ2) is 3.55. The van der Waals surface area contributed by atoms with Crippen molar-refractivity contribution in [3.63, 3.8) is 0 Å². The average molecular weight is 155 g/mol. The predicted octanol–water partition coefficient (Wildman–Crippen LogP) is -0.192. The zero-order chi connectivity index (χ0) is 7.52. The van der Waals surface area contributed by atoms with E-state index in [2.05, 4.69) is 10.2 Å². The van der Waals surface area contributed by atoms with Crippen LogP contribution < -0.4 is 5.32 Å². The first-order valence-corrected chi connectivity index (χ1v) is 5.01. The highest BCUT2D eigenvalue weighted by molar-refractivity contribution is 4.71. The van der Waals surface area contributed by atoms with Gasteiger partial charge in [-0.15, -0.1) is 0 Å². The minimum atomic E-state index is 0.938. The summed E-state index contributed by atoms with van der Waals surface area (Å²) < 4.78 is 0. The minimum absolute atomic E-state index is 0.938. The Kier molecular flexibility index (Phi) is 2.44. The van der Waals surface area contributed by atoms with Gasteiger partial charge in [0.15, 0.2) is 0 Å². The van der Waals surface area contributed by atoms with E-state index < -0.39 is 0 Å². The van der Waals surface area contributed by atoms with Crippen molar-refractivity contribution in [3.8, 4) is 0 Å². The van der Waals surface area contributed by atoms with Crippen LogP contribution in [-0.4, -0.2) is 37.1 Å². The summed E-state index contributed by atoms with van der Waals surface area (Å²) in [5.41, 5.74) is 0. The van der Waals surface area contributed by atoms with Gasteiger partial charge in [0, 0.05) is 12.8 Å². The quantitative estimate of drug-likeness (QED) is 0.586. The summed E-state index contributed by atoms with van der Waals surface area (Å²) in [7, 11) is 0. The molecule has 0 radical (unpaired) electrons. The molecule has 0 aromatic carbocycles. The van der Waals surface area contributed by atoms with Crippen LogP contribution in [0.1, 0.15) is 25.7 Å². The maximum absolute atomic E-state index is 2.63. The summed E-state index contributed by atoms with van der Waals surface area (Å²) in [5, 5.41) is 2.53. The molecule has 1 atom stereocenters. The van der Waals surface area contributed by atoms with Gasteiger partial charge in [-0.2, -0.15) is 0 Å². The molecule has 2 N–H and O–H groups in total. The molecule has 0 saturated carbocycles. The SMILES string of the molecule is C1C[NH2+]C(CN2CCCC2)C1. The molecule has 2 heteroatoms. The molecule has 2 rings (SSSR count). The largest absolute Gasteiger partial charge is 0.343 e. The van der Waals surface area contributed by atoms with Crippen LogP contribution in [0.2, 0.25) is 0 Å². The lowest BCUT2D eigenvalue weighted by Gasteiger charge is -2.16. The zero-order valence-corrected chi connectivity index (χ0v) is 7.26. The van der Waals surface area contributed by atoms with E-state index in [1.807, 2.05) is 0 Å². The summed E-state index contributed by atoms with van der Waals surface area (Å²) in [6.45, 7) is 5.47. The van der Waals surface area contributed by atoms with E-state index in [0.29, 0.717) is 0 Å². The Morgan fingerprint density at radius 2 is 2.00 bits per heavy atom. The predicted molar refractivity (Wildman–Crippen MR) is 45.5 cm³/mol. The molecular weight excluding hydrogens is 136 g/mol. The molecule has 2 heterocycles. The second-order valence-electron chi connectivity index (χ2n) is 3.93. The van der Waals surface area contributed by atoms with E-state index in [1.54, 1.807) is 0 Å². The molecule has 0 aromatic heterocycles. The van der Waals surface area contributed by atoms with Crippen molar-refractivity contribution < 1.29 is 5.32 Å². The Morgan fingerprint density at radius 1 is 1.18 bits per heavy atom. The molecule has 64 valence electrons. The lowest BCUT2D eigenvalue weighted by Crippen LogP contribution is -2.88. The Labute approximate surface area is 69.0 Å². The fourth-order valence-electron chi connectivity index (χ4n) is 2.31. The van der Waals surface area contributed by atoms with Crippen LogP contribution in [0.5, 0.6) is 0 Å². The smallest absolute Gasteiger partial charge is 0.0990 e. The normalized spacial score (nSPS) is 33.3. The van der Waals surface area contributed by atoms with Gasteiger partial charge in [0.2, 0.25) is 0 Å². The van der Waals surface area contributed by atoms with E-state index >= 15 is 0 Å². The van der Waals surface area contributed by atoms with Crippen molar-refractivity contribution in [1.29, 1.82) is 0 Å². The van der Waals surface area contributed by atoms with E-state index in [9.17, 15) is 0 Å². The summed E-state index contributed by atoms with van der Waals surface area (Å²) in [6.07, 6.45) is 5.77. The molecule has 0 amide bonds. The van der Waals surface area contributed by atoms with Crippen molar-refractivity contribution in [1.82, 2.24) is 4.90 Å². The van der Waals surface area contributed by atoms with Crippen LogP contribution in [0.3, 0.4) is 0 Å². The van der Waals surface area contributed by atoms with Crippen LogP contribution in [0.4, 0.5) is 0 Å². The molecular formula is C9H19N2+. The molecule has 0 bridgehead atoms. The van der Waals surface area contributed by atoms with Gasteiger partial charge in [0.05, 0.1) is 19.1 Å². The summed E-state index contributed by atoms with van der Waals surface area (Å²) in [6, 6.07) is 0.938. The third kappa shape index (κ3) is 1.94. The minimum Gasteiger partial charge on any atom is -0.343 e. The van der Waals surface area contributed by atoms with Gasteiger partial charge in [0.25, 0.3) is 0 Å². The Bertz CT molecular complexity index is 98.7. The van der Waals surface area contributed by atoms with Gasteiger partial charge in [0.1, 0.15) is 0 Å². The van der Waals surface area contributed by atoms with Gasteiger partial charge in [-0.25, -0.2) is 0 Å². The Morgan fingerprint density at radius 3 is 2.64 bits per heavy atom. The first-order valence-electron chi connectivity index (χ1n) is 5.01. The molecule has 0 aromatic rings. The van der Waals surface area contributed by atoms with Crippen molar-refractivity contribution in [2.24, 2.45) is 0 Å². The fourth-order valence-corrected chi connectivity index (χ4v) is 2.31. The highest BCUT2D eigenvalue weighted by atomic mass is 15.2. The maximum Gasteiger partial charge on any atom is 0.0990 e. The number of likely N-dealkylation sites (tertiary alicyclic amines) is 1. The Balaban J connectivity index is 1.71. The van der Waals surface area contributed by atoms with Crippen LogP contribution in [0.15, 0.2) is 0 Å². The summed E-state index contributed by atoms with van der Waals surface area (Å²) in [5.74, 6) is 0. The number of hydrogen-bond acceptors (Lipinski definition) is 1. The number of nitrogens with two attached hydrogens (primary N) is 1. The van der Waals surface area contributed by atoms with Gasteiger partial charge >= 0.3 is 0 Å². The van der Waals surface area contributed by atoms with Crippen LogP contribution >= 0.6 is 0 Å². The number of hydrogen-bond donors (Lipinski definition) is 1. The van der Waals surface area contributed by atoms with E-state index in [4.69, 9.17) is 0 Å². The van der Waals surface area contributed by atoms with Gasteiger partial charge in [-0.05, 0) is 25.9 Å². The third-order valence-electron chi connectivity index (χ3n) is 2.97. The highest BCUT2D eigenvalue weighted by Crippen LogP contribution is 2.09. The molecule has 2 aliphatic rings. The topological polar surface area (TPSA) is 19.9 Å². The van der Waals surface area contributed by atoms with Gasteiger partial charge in [-0.1, -0.05) is 0 Å². The summed E-state index contributed by atoms with van der Waals surface area (Å²) >= 11 is 0. The average Bonchev–Trinajstić information content (AvgIpc) is 2.60. The molecule has 0 aliphatic carbocycles. The van der Waals surface area contributed by atoms with Gasteiger partial charge in [-0.3, -0.25) is 4.90 Å². The first-order chi connectivity index (χ1) is 5.45. The number of quaternary nitrogens is 1. The van der Waals surface area contributed by atoms with Crippen LogP contribution in [-0.2, 0) is 0 Å². The molecule has 1 unspecified atom stereocenters. The highest BCUT2D eigenvalue weighted by Gasteiger charge is 2.22. The van der Waals surface area contributed by atoms with Crippen molar-refractivity contribution in [2.45, 2.75) is 31.7 Å². The molecule has 0 spiro atoms. The third-order valence-corrected chi connectivity index (χ3v) is 2.97. The van der Waals surface area contributed by atoms with Crippen LogP contribution in [0, 0.1) is 0 Å². The van der Waals surface area contributed by atoms with E-state index in [-0.39, 0.29) is 0 Å².